The largest absolute Gasteiger partial charge is 0.748 e. The van der Waals surface area contributed by atoms with Crippen LogP contribution in [-0.4, -0.2) is 68.2 Å². The molecule has 0 bridgehead atoms. The Labute approximate surface area is 649 Å². The van der Waals surface area contributed by atoms with Crippen LogP contribution in [-0.2, 0) is 45.2 Å². The molecule has 24 heteroatoms. The van der Waals surface area contributed by atoms with Gasteiger partial charge in [-0.05, 0) is 157 Å². The molecule has 4 aliphatic rings. The van der Waals surface area contributed by atoms with E-state index < -0.39 is 37.7 Å². The van der Waals surface area contributed by atoms with Gasteiger partial charge in [0.25, 0.3) is 15.0 Å². The Bertz CT molecular complexity index is 5630. The van der Waals surface area contributed by atoms with Gasteiger partial charge >= 0.3 is 5.97 Å². The fourth-order valence-corrected chi connectivity index (χ4v) is 20.5. The summed E-state index contributed by atoms with van der Waals surface area (Å²) >= 11 is 20.7. The van der Waals surface area contributed by atoms with Crippen molar-refractivity contribution in [3.05, 3.63) is 258 Å². The zero-order valence-electron chi connectivity index (χ0n) is 59.1. The van der Waals surface area contributed by atoms with E-state index in [0.717, 1.165) is 85.6 Å². The Balaban J connectivity index is 0.000000143. The van der Waals surface area contributed by atoms with Gasteiger partial charge in [-0.25, -0.2) is 21.6 Å². The smallest absolute Gasteiger partial charge is 0.370 e. The average Bonchev–Trinajstić information content (AvgIpc) is 1.65. The first-order valence-electron chi connectivity index (χ1n) is 34.7. The maximum atomic E-state index is 11.6. The number of para-hydroxylation sites is 2. The van der Waals surface area contributed by atoms with E-state index in [1.807, 2.05) is 119 Å². The molecular formula is C82H77Cl2N6O9S7+. The number of carboxylic acids is 1. The molecule has 8 aromatic carbocycles. The predicted molar refractivity (Wildman–Crippen MR) is 436 cm³/mol. The van der Waals surface area contributed by atoms with Crippen LogP contribution in [0.3, 0.4) is 0 Å². The number of anilines is 3. The van der Waals surface area contributed by atoms with Crippen LogP contribution in [0.1, 0.15) is 75.3 Å². The lowest BCUT2D eigenvalue weighted by atomic mass is 9.75. The summed E-state index contributed by atoms with van der Waals surface area (Å²) in [6, 6.07) is 60.9. The molecule has 0 atom stereocenters. The van der Waals surface area contributed by atoms with Crippen LogP contribution in [0.5, 0.6) is 5.75 Å². The van der Waals surface area contributed by atoms with Crippen molar-refractivity contribution in [1.82, 2.24) is 0 Å². The number of carbonyl (C=O) groups is 1. The number of ether oxygens (including phenoxy) is 1. The average molecular weight is 1590 g/mol. The van der Waals surface area contributed by atoms with E-state index in [1.165, 1.54) is 80.9 Å². The third kappa shape index (κ3) is 17.9. The molecule has 0 saturated heterocycles. The molecule has 0 amide bonds. The van der Waals surface area contributed by atoms with Crippen LogP contribution in [0, 0.1) is 5.41 Å². The van der Waals surface area contributed by atoms with Crippen LogP contribution in [0.25, 0.3) is 71.1 Å². The molecule has 0 spiro atoms. The molecule has 15 nitrogen and oxygen atoms in total. The molecule has 11 aromatic rings. The van der Waals surface area contributed by atoms with Crippen molar-refractivity contribution in [2.24, 2.45) is 12.5 Å². The number of nitrogens with zero attached hydrogens (tertiary/aromatic N) is 6. The van der Waals surface area contributed by atoms with Crippen LogP contribution in [0.2, 0.25) is 10.0 Å². The molecule has 1 aliphatic carbocycles. The first kappa shape index (κ1) is 75.9. The highest BCUT2D eigenvalue weighted by Gasteiger charge is 2.33. The summed E-state index contributed by atoms with van der Waals surface area (Å²) in [5.74, 6) is -0.857. The number of halogens is 2. The predicted octanol–water partition coefficient (Wildman–Crippen LogP) is 19.4. The second-order valence-corrected chi connectivity index (χ2v) is 35.8. The Hall–Kier alpha value is -8.36. The number of allylic oxidation sites excluding steroid dienone is 6. The van der Waals surface area contributed by atoms with Gasteiger partial charge < -0.3 is 33.6 Å². The molecule has 6 heterocycles. The monoisotopic (exact) mass is 1580 g/mol. The Morgan fingerprint density at radius 2 is 1.19 bits per heavy atom. The second-order valence-electron chi connectivity index (χ2n) is 26.6. The zero-order valence-corrected chi connectivity index (χ0v) is 66.3. The molecule has 0 unspecified atom stereocenters. The first-order valence-corrected chi connectivity index (χ1v) is 42.7. The highest BCUT2D eigenvalue weighted by atomic mass is 35.5. The lowest BCUT2D eigenvalue weighted by Crippen LogP contribution is -2.39. The topological polar surface area (TPSA) is 182 Å². The molecule has 3 aromatic heterocycles. The van der Waals surface area contributed by atoms with Gasteiger partial charge in [0.05, 0.1) is 59.2 Å². The van der Waals surface area contributed by atoms with Gasteiger partial charge in [0.1, 0.15) is 27.7 Å². The molecule has 544 valence electrons. The van der Waals surface area contributed by atoms with Gasteiger partial charge in [0, 0.05) is 81.7 Å². The van der Waals surface area contributed by atoms with Gasteiger partial charge in [-0.2, -0.15) is 13.7 Å². The third-order valence-corrected chi connectivity index (χ3v) is 25.9. The van der Waals surface area contributed by atoms with Crippen LogP contribution >= 0.6 is 80.7 Å². The van der Waals surface area contributed by atoms with E-state index >= 15 is 0 Å². The van der Waals surface area contributed by atoms with Gasteiger partial charge in [-0.15, -0.1) is 0 Å². The van der Waals surface area contributed by atoms with Crippen molar-refractivity contribution in [2.45, 2.75) is 83.2 Å². The van der Waals surface area contributed by atoms with Gasteiger partial charge in [-0.1, -0.05) is 205 Å². The Morgan fingerprint density at radius 1 is 0.585 bits per heavy atom. The van der Waals surface area contributed by atoms with E-state index in [4.69, 9.17) is 27.9 Å². The number of hydrogen-bond acceptors (Lipinski definition) is 16. The zero-order chi connectivity index (χ0) is 74.6. The fourth-order valence-electron chi connectivity index (χ4n) is 13.5. The third-order valence-electron chi connectivity index (χ3n) is 18.4. The van der Waals surface area contributed by atoms with E-state index in [1.54, 1.807) is 45.1 Å². The van der Waals surface area contributed by atoms with Crippen LogP contribution in [0.15, 0.2) is 243 Å². The molecule has 3 aliphatic heterocycles. The van der Waals surface area contributed by atoms with Crippen LogP contribution < -0.4 is 33.1 Å². The van der Waals surface area contributed by atoms with Crippen LogP contribution in [0.4, 0.5) is 17.1 Å². The van der Waals surface area contributed by atoms with Crippen molar-refractivity contribution in [1.29, 1.82) is 0 Å². The van der Waals surface area contributed by atoms with Crippen molar-refractivity contribution in [2.75, 3.05) is 45.8 Å². The molecule has 106 heavy (non-hydrogen) atoms. The molecule has 0 saturated carbocycles. The number of aryl methyl sites for hydroxylation is 2. The van der Waals surface area contributed by atoms with E-state index in [2.05, 4.69) is 159 Å². The number of benzene rings is 8. The minimum absolute atomic E-state index is 0.00116. The number of fused-ring (bicyclic) bond motifs is 6. The molecular weight excluding hydrogens is 1510 g/mol. The number of rotatable bonds is 19. The summed E-state index contributed by atoms with van der Waals surface area (Å²) in [5.41, 5.74) is 14.6. The summed E-state index contributed by atoms with van der Waals surface area (Å²) in [6.45, 7) is 13.4. The summed E-state index contributed by atoms with van der Waals surface area (Å²) in [5, 5.41) is 15.7. The molecule has 0 radical (unpaired) electrons. The Kier molecular flexibility index (Phi) is 23.3. The fraction of sp³-hybridized carbons (Fsp3) is 0.220. The number of carboxylic acid groups (broad SMARTS) is 1. The number of aliphatic carboxylic acids is 1. The van der Waals surface area contributed by atoms with Crippen molar-refractivity contribution >= 4 is 173 Å². The SMILES string of the molecule is CCC(=Cc1sc2ccc(-c3ccccc3)cc2[n+]1C)C=C1Oc2ccc(-c3ccccc3)cc2N1CCS(=O)(=O)[O-].CCN1C(=CC2=CC(=Cc3sc4ccccc4[n+]3CC)CC(C)(C)C2)Sc2ccccc21.O=C(O)C[n+]1c(C=C2Sc3ccc(Cl)cc3N2CCCS(=O)(=O)[O-])sc2ccc(Cl)cc21. The minimum atomic E-state index is -4.42. The van der Waals surface area contributed by atoms with E-state index in [0.29, 0.717) is 38.7 Å². The summed E-state index contributed by atoms with van der Waals surface area (Å²) < 4.78 is 84.0. The van der Waals surface area contributed by atoms with Gasteiger partial charge in [0.15, 0.2) is 5.75 Å². The van der Waals surface area contributed by atoms with Crippen molar-refractivity contribution in [3.8, 4) is 28.0 Å². The summed E-state index contributed by atoms with van der Waals surface area (Å²) in [4.78, 5) is 19.9. The van der Waals surface area contributed by atoms with Gasteiger partial charge in [0.2, 0.25) is 29.0 Å². The first-order chi connectivity index (χ1) is 50.9. The van der Waals surface area contributed by atoms with Crippen molar-refractivity contribution in [3.63, 3.8) is 0 Å². The number of aromatic nitrogens is 3. The highest BCUT2D eigenvalue weighted by molar-refractivity contribution is 8.04. The standard InChI is InChI=1S/C34H30N2O4S2.C28H31N2S2.C20H16Cl2N2O5S3/c1-3-24(21-34-35(2)30-23-28(15-17-32(30)41-34)26-12-8-5-9-13-26)20-33-36(18-19-42(37,38)39)29-22-27(14-16-31(29)40-33)25-10-6-4-7-11-25;1-5-29-22-11-7-9-13-24(22)31-26(29)16-20-15-21(19-28(3,4)18-20)17-27-30(6-2)23-12-8-10-14-25(23)32-27;21-12-2-4-16-14(8-12)23(6-1-7-32(27,28)29)18(30-16)10-19-24(11-20(25)26)15-9-13(22)3-5-17(15)31-19/h4-17,20-23H,3,18-19H2,1-2H3;7-17H,5-6,18-19H2,1-4H3;2-5,8-10H,1,6-7,11H2,(H-,25,26,27,28,29)/q;+1;. The lowest BCUT2D eigenvalue weighted by molar-refractivity contribution is -0.665. The van der Waals surface area contributed by atoms with Crippen molar-refractivity contribution < 1.29 is 54.3 Å². The normalized spacial score (nSPS) is 16.3. The molecule has 1 N–H and O–H groups in total. The maximum absolute atomic E-state index is 11.6. The number of hydrogen-bond donors (Lipinski definition) is 1. The van der Waals surface area contributed by atoms with E-state index in [9.17, 15) is 35.8 Å². The number of thiazole rings is 3. The Morgan fingerprint density at radius 3 is 1.89 bits per heavy atom. The summed E-state index contributed by atoms with van der Waals surface area (Å²) in [7, 11) is -6.68. The lowest BCUT2D eigenvalue weighted by Gasteiger charge is -2.31. The molecule has 0 fully saturated rings. The maximum Gasteiger partial charge on any atom is 0.370 e. The summed E-state index contributed by atoms with van der Waals surface area (Å²) in [6.07, 6.45) is 16.4. The van der Waals surface area contributed by atoms with E-state index in [-0.39, 0.29) is 24.9 Å². The second kappa shape index (κ2) is 32.6. The quantitative estimate of drug-likeness (QED) is 0.0596. The highest BCUT2D eigenvalue weighted by Crippen LogP contribution is 2.50. The number of thioether (sulfide) groups is 2. The molecule has 15 rings (SSSR count). The van der Waals surface area contributed by atoms with Gasteiger partial charge in [-0.3, -0.25) is 0 Å². The minimum Gasteiger partial charge on any atom is -0.748 e.